The van der Waals surface area contributed by atoms with Crippen LogP contribution in [-0.2, 0) is 6.54 Å². The first-order valence-electron chi connectivity index (χ1n) is 8.66. The summed E-state index contributed by atoms with van der Waals surface area (Å²) < 4.78 is 0. The molecule has 1 saturated heterocycles. The molecule has 6 nitrogen and oxygen atoms in total. The van der Waals surface area contributed by atoms with Gasteiger partial charge in [-0.1, -0.05) is 6.07 Å². The lowest BCUT2D eigenvalue weighted by atomic mass is 9.96. The molecular formula is C18H22N6S. The van der Waals surface area contributed by atoms with Gasteiger partial charge in [-0.3, -0.25) is 5.10 Å². The maximum Gasteiger partial charge on any atom is 0.130 e. The van der Waals surface area contributed by atoms with Crippen LogP contribution in [0.4, 0.5) is 5.82 Å². The first kappa shape index (κ1) is 16.2. The van der Waals surface area contributed by atoms with Gasteiger partial charge in [-0.05, 0) is 37.8 Å². The zero-order valence-corrected chi connectivity index (χ0v) is 15.1. The van der Waals surface area contributed by atoms with Crippen molar-refractivity contribution in [1.82, 2.24) is 25.5 Å². The summed E-state index contributed by atoms with van der Waals surface area (Å²) in [6.45, 7) is 4.75. The highest BCUT2D eigenvalue weighted by Gasteiger charge is 2.18. The zero-order valence-electron chi connectivity index (χ0n) is 14.2. The summed E-state index contributed by atoms with van der Waals surface area (Å²) >= 11 is 1.71. The molecule has 0 aromatic carbocycles. The van der Waals surface area contributed by atoms with Crippen LogP contribution in [0.2, 0.25) is 0 Å². The number of piperidine rings is 1. The van der Waals surface area contributed by atoms with Crippen molar-refractivity contribution in [3.8, 4) is 10.6 Å². The lowest BCUT2D eigenvalue weighted by Gasteiger charge is -2.22. The highest BCUT2D eigenvalue weighted by atomic mass is 32.1. The molecule has 0 spiro atoms. The molecule has 1 aliphatic rings. The van der Waals surface area contributed by atoms with Crippen LogP contribution in [0.25, 0.3) is 10.6 Å². The Hall–Kier alpha value is -2.25. The van der Waals surface area contributed by atoms with Gasteiger partial charge in [0.2, 0.25) is 0 Å². The summed E-state index contributed by atoms with van der Waals surface area (Å²) in [7, 11) is 0. The highest BCUT2D eigenvalue weighted by molar-refractivity contribution is 7.13. The zero-order chi connectivity index (χ0) is 17.1. The number of hydrogen-bond donors (Lipinski definition) is 3. The van der Waals surface area contributed by atoms with Crippen molar-refractivity contribution >= 4 is 17.2 Å². The average Bonchev–Trinajstić information content (AvgIpc) is 3.31. The summed E-state index contributed by atoms with van der Waals surface area (Å²) in [5.74, 6) is 2.18. The Labute approximate surface area is 151 Å². The average molecular weight is 354 g/mol. The Kier molecular flexibility index (Phi) is 4.76. The van der Waals surface area contributed by atoms with Gasteiger partial charge in [-0.2, -0.15) is 5.10 Å². The fourth-order valence-corrected chi connectivity index (χ4v) is 4.02. The van der Waals surface area contributed by atoms with E-state index in [0.717, 1.165) is 41.7 Å². The molecule has 1 aliphatic heterocycles. The van der Waals surface area contributed by atoms with Crippen molar-refractivity contribution in [3.05, 3.63) is 46.9 Å². The SMILES string of the molecule is Cc1nc(NCc2cn[nH]c2-c2cccs2)cc([C@@H]2CCCNC2)n1. The molecule has 1 atom stereocenters. The van der Waals surface area contributed by atoms with E-state index < -0.39 is 0 Å². The first-order chi connectivity index (χ1) is 12.3. The summed E-state index contributed by atoms with van der Waals surface area (Å²) in [5, 5.41) is 16.3. The van der Waals surface area contributed by atoms with E-state index in [-0.39, 0.29) is 0 Å². The van der Waals surface area contributed by atoms with Crippen molar-refractivity contribution in [2.75, 3.05) is 18.4 Å². The Morgan fingerprint density at radius 3 is 3.12 bits per heavy atom. The maximum absolute atomic E-state index is 4.65. The van der Waals surface area contributed by atoms with E-state index in [4.69, 9.17) is 0 Å². The molecule has 0 aliphatic carbocycles. The summed E-state index contributed by atoms with van der Waals surface area (Å²) in [6, 6.07) is 6.25. The van der Waals surface area contributed by atoms with Gasteiger partial charge in [0.15, 0.2) is 0 Å². The van der Waals surface area contributed by atoms with Crippen LogP contribution in [0.15, 0.2) is 29.8 Å². The van der Waals surface area contributed by atoms with Crippen LogP contribution in [0, 0.1) is 6.92 Å². The second kappa shape index (κ2) is 7.33. The van der Waals surface area contributed by atoms with Crippen LogP contribution >= 0.6 is 11.3 Å². The van der Waals surface area contributed by atoms with Gasteiger partial charge in [0.1, 0.15) is 11.6 Å². The first-order valence-corrected chi connectivity index (χ1v) is 9.54. The highest BCUT2D eigenvalue weighted by Crippen LogP contribution is 2.27. The Bertz CT molecular complexity index is 820. The van der Waals surface area contributed by atoms with E-state index >= 15 is 0 Å². The maximum atomic E-state index is 4.65. The van der Waals surface area contributed by atoms with Gasteiger partial charge >= 0.3 is 0 Å². The molecule has 3 aromatic heterocycles. The quantitative estimate of drug-likeness (QED) is 0.655. The van der Waals surface area contributed by atoms with E-state index in [2.05, 4.69) is 54.4 Å². The van der Waals surface area contributed by atoms with Gasteiger partial charge in [-0.15, -0.1) is 11.3 Å². The van der Waals surface area contributed by atoms with Crippen LogP contribution in [0.1, 0.15) is 35.8 Å². The molecular weight excluding hydrogens is 332 g/mol. The van der Waals surface area contributed by atoms with E-state index in [1.807, 2.05) is 13.1 Å². The predicted octanol–water partition coefficient (Wildman–Crippen LogP) is 3.32. The van der Waals surface area contributed by atoms with Crippen molar-refractivity contribution in [2.24, 2.45) is 0 Å². The lowest BCUT2D eigenvalue weighted by molar-refractivity contribution is 0.453. The molecule has 3 aromatic rings. The van der Waals surface area contributed by atoms with Crippen molar-refractivity contribution < 1.29 is 0 Å². The Morgan fingerprint density at radius 2 is 2.32 bits per heavy atom. The van der Waals surface area contributed by atoms with E-state index in [9.17, 15) is 0 Å². The minimum atomic E-state index is 0.478. The molecule has 25 heavy (non-hydrogen) atoms. The van der Waals surface area contributed by atoms with Crippen molar-refractivity contribution in [1.29, 1.82) is 0 Å². The minimum absolute atomic E-state index is 0.478. The number of nitrogens with one attached hydrogen (secondary N) is 3. The van der Waals surface area contributed by atoms with E-state index in [0.29, 0.717) is 12.5 Å². The number of rotatable bonds is 5. The fraction of sp³-hybridized carbons (Fsp3) is 0.389. The molecule has 0 bridgehead atoms. The molecule has 4 heterocycles. The normalized spacial score (nSPS) is 17.6. The fourth-order valence-electron chi connectivity index (χ4n) is 3.26. The standard InChI is InChI=1S/C18H22N6S/c1-12-22-15(13-4-2-6-19-9-13)8-17(23-12)20-10-14-11-21-24-18(14)16-5-3-7-25-16/h3,5,7-8,11,13,19H,2,4,6,9-10H2,1H3,(H,21,24)(H,20,22,23)/t13-/m1/s1. The topological polar surface area (TPSA) is 78.5 Å². The number of thiophene rings is 1. The largest absolute Gasteiger partial charge is 0.366 e. The summed E-state index contributed by atoms with van der Waals surface area (Å²) in [6.07, 6.45) is 4.27. The van der Waals surface area contributed by atoms with Crippen molar-refractivity contribution in [2.45, 2.75) is 32.2 Å². The van der Waals surface area contributed by atoms with Gasteiger partial charge < -0.3 is 10.6 Å². The van der Waals surface area contributed by atoms with Gasteiger partial charge in [0.25, 0.3) is 0 Å². The van der Waals surface area contributed by atoms with Crippen LogP contribution in [-0.4, -0.2) is 33.3 Å². The van der Waals surface area contributed by atoms with Crippen LogP contribution < -0.4 is 10.6 Å². The third-order valence-corrected chi connectivity index (χ3v) is 5.41. The molecule has 3 N–H and O–H groups in total. The number of hydrogen-bond acceptors (Lipinski definition) is 6. The molecule has 0 saturated carbocycles. The molecule has 4 rings (SSSR count). The van der Waals surface area contributed by atoms with Gasteiger partial charge in [0, 0.05) is 30.6 Å². The number of nitrogens with zero attached hydrogens (tertiary/aromatic N) is 3. The number of anilines is 1. The second-order valence-corrected chi connectivity index (χ2v) is 7.32. The number of aryl methyl sites for hydroxylation is 1. The number of H-pyrrole nitrogens is 1. The van der Waals surface area contributed by atoms with E-state index in [1.54, 1.807) is 11.3 Å². The Morgan fingerprint density at radius 1 is 1.36 bits per heavy atom. The summed E-state index contributed by atoms with van der Waals surface area (Å²) in [5.41, 5.74) is 3.34. The minimum Gasteiger partial charge on any atom is -0.366 e. The van der Waals surface area contributed by atoms with Gasteiger partial charge in [-0.25, -0.2) is 9.97 Å². The monoisotopic (exact) mass is 354 g/mol. The second-order valence-electron chi connectivity index (χ2n) is 6.37. The van der Waals surface area contributed by atoms with Crippen molar-refractivity contribution in [3.63, 3.8) is 0 Å². The predicted molar refractivity (Wildman–Crippen MR) is 101 cm³/mol. The molecule has 130 valence electrons. The van der Waals surface area contributed by atoms with Gasteiger partial charge in [0.05, 0.1) is 22.5 Å². The summed E-state index contributed by atoms with van der Waals surface area (Å²) in [4.78, 5) is 10.4. The lowest BCUT2D eigenvalue weighted by Crippen LogP contribution is -2.29. The number of aromatic nitrogens is 4. The third kappa shape index (κ3) is 3.72. The van der Waals surface area contributed by atoms with E-state index in [1.165, 1.54) is 17.7 Å². The molecule has 0 amide bonds. The number of aromatic amines is 1. The molecule has 1 fully saturated rings. The molecule has 0 radical (unpaired) electrons. The van der Waals surface area contributed by atoms with Crippen LogP contribution in [0.3, 0.4) is 0 Å². The molecule has 0 unspecified atom stereocenters. The van der Waals surface area contributed by atoms with Crippen LogP contribution in [0.5, 0.6) is 0 Å². The Balaban J connectivity index is 1.50. The molecule has 7 heteroatoms. The smallest absolute Gasteiger partial charge is 0.130 e. The third-order valence-electron chi connectivity index (χ3n) is 4.52.